The fourth-order valence-corrected chi connectivity index (χ4v) is 5.89. The molecule has 0 aliphatic rings. The lowest BCUT2D eigenvalue weighted by molar-refractivity contribution is -0.116. The summed E-state index contributed by atoms with van der Waals surface area (Å²) in [6, 6.07) is 13.5. The molecule has 0 saturated heterocycles. The van der Waals surface area contributed by atoms with Crippen molar-refractivity contribution in [2.75, 3.05) is 22.1 Å². The molecule has 8 nitrogen and oxygen atoms in total. The lowest BCUT2D eigenvalue weighted by Crippen LogP contribution is -2.19. The topological polar surface area (TPSA) is 110 Å². The second-order valence-electron chi connectivity index (χ2n) is 7.85. The van der Waals surface area contributed by atoms with Gasteiger partial charge in [0, 0.05) is 12.8 Å². The molecule has 0 atom stereocenters. The number of rotatable bonds is 12. The van der Waals surface area contributed by atoms with Crippen LogP contribution in [0.5, 0.6) is 0 Å². The van der Waals surface area contributed by atoms with Gasteiger partial charge in [-0.15, -0.1) is 20.4 Å². The minimum atomic E-state index is -0.407. The largest absolute Gasteiger partial charge is 0.300 e. The molecular weight excluding hydrogens is 530 g/mol. The number of anilines is 2. The Morgan fingerprint density at radius 1 is 0.784 bits per heavy atom. The van der Waals surface area contributed by atoms with Gasteiger partial charge in [-0.1, -0.05) is 70.6 Å². The first-order valence-electron chi connectivity index (χ1n) is 11.4. The molecule has 13 heteroatoms. The fourth-order valence-electron chi connectivity index (χ4n) is 3.24. The molecule has 4 rings (SSSR count). The van der Waals surface area contributed by atoms with Gasteiger partial charge in [0.05, 0.1) is 12.8 Å². The molecule has 0 fully saturated rings. The van der Waals surface area contributed by atoms with E-state index in [9.17, 15) is 14.0 Å². The number of halogens is 1. The minimum Gasteiger partial charge on any atom is -0.300 e. The lowest BCUT2D eigenvalue weighted by Gasteiger charge is -2.04. The molecule has 2 aromatic carbocycles. The van der Waals surface area contributed by atoms with E-state index in [1.54, 1.807) is 36.0 Å². The van der Waals surface area contributed by atoms with Gasteiger partial charge in [-0.3, -0.25) is 9.59 Å². The third-order valence-corrected chi connectivity index (χ3v) is 7.84. The molecular formula is C24H22BFN6O2S3. The van der Waals surface area contributed by atoms with Gasteiger partial charge in [-0.25, -0.2) is 4.39 Å². The maximum absolute atomic E-state index is 13.7. The number of nitrogens with zero attached hydrogens (tertiary/aromatic N) is 4. The zero-order valence-corrected chi connectivity index (χ0v) is 22.1. The Balaban J connectivity index is 1.13. The van der Waals surface area contributed by atoms with Crippen LogP contribution in [0.15, 0.2) is 48.5 Å². The average Bonchev–Trinajstić information content (AvgIpc) is 3.51. The predicted molar refractivity (Wildman–Crippen MR) is 147 cm³/mol. The first-order valence-corrected chi connectivity index (χ1v) is 14.1. The molecule has 0 unspecified atom stereocenters. The van der Waals surface area contributed by atoms with Crippen LogP contribution in [0, 0.1) is 5.82 Å². The molecule has 0 bridgehead atoms. The number of thioether (sulfide) groups is 1. The number of hydrogen-bond acceptors (Lipinski definition) is 9. The molecule has 2 N–H and O–H groups in total. The van der Waals surface area contributed by atoms with Crippen LogP contribution in [0.4, 0.5) is 14.7 Å². The van der Waals surface area contributed by atoms with Crippen LogP contribution in [0.1, 0.15) is 21.1 Å². The molecule has 188 valence electrons. The van der Waals surface area contributed by atoms with Gasteiger partial charge in [-0.05, 0) is 28.7 Å². The second kappa shape index (κ2) is 13.4. The van der Waals surface area contributed by atoms with E-state index < -0.39 is 5.82 Å². The van der Waals surface area contributed by atoms with Gasteiger partial charge in [0.25, 0.3) is 0 Å². The zero-order chi connectivity index (χ0) is 26.0. The van der Waals surface area contributed by atoms with Gasteiger partial charge in [0.1, 0.15) is 23.7 Å². The second-order valence-corrected chi connectivity index (χ2v) is 11.2. The van der Waals surface area contributed by atoms with Crippen molar-refractivity contribution in [3.8, 4) is 0 Å². The summed E-state index contributed by atoms with van der Waals surface area (Å²) in [5, 5.41) is 24.3. The van der Waals surface area contributed by atoms with Crippen molar-refractivity contribution in [1.82, 2.24) is 20.4 Å². The van der Waals surface area contributed by atoms with E-state index >= 15 is 0 Å². The molecule has 0 spiro atoms. The number of amides is 2. The predicted octanol–water partition coefficient (Wildman–Crippen LogP) is 3.20. The Morgan fingerprint density at radius 2 is 1.30 bits per heavy atom. The van der Waals surface area contributed by atoms with Gasteiger partial charge < -0.3 is 10.6 Å². The Kier molecular flexibility index (Phi) is 9.74. The Labute approximate surface area is 226 Å². The summed E-state index contributed by atoms with van der Waals surface area (Å²) in [5.41, 5.74) is 1.69. The van der Waals surface area contributed by atoms with Crippen LogP contribution in [0.3, 0.4) is 0 Å². The summed E-state index contributed by atoms with van der Waals surface area (Å²) >= 11 is 4.41. The van der Waals surface area contributed by atoms with Crippen molar-refractivity contribution in [2.45, 2.75) is 25.7 Å². The molecule has 0 aliphatic carbocycles. The highest BCUT2D eigenvalue weighted by molar-refractivity contribution is 7.99. The summed E-state index contributed by atoms with van der Waals surface area (Å²) in [6.07, 6.45) is 1.57. The molecule has 37 heavy (non-hydrogen) atoms. The SMILES string of the molecule is [B]c1ccccc1CC(=O)Nc1nnc(CCSCCc2nnc(NC(=O)Cc3ccccc3F)s2)s1. The van der Waals surface area contributed by atoms with E-state index in [1.807, 2.05) is 18.2 Å². The smallest absolute Gasteiger partial charge is 0.230 e. The summed E-state index contributed by atoms with van der Waals surface area (Å²) in [7, 11) is 5.89. The van der Waals surface area contributed by atoms with Crippen LogP contribution in [-0.2, 0) is 35.3 Å². The van der Waals surface area contributed by atoms with Crippen molar-refractivity contribution in [3.05, 3.63) is 75.5 Å². The monoisotopic (exact) mass is 552 g/mol. The molecule has 2 radical (unpaired) electrons. The third kappa shape index (κ3) is 8.44. The van der Waals surface area contributed by atoms with Crippen molar-refractivity contribution in [1.29, 1.82) is 0 Å². The standard InChI is InChI=1S/C24H22BFN6O2S3/c25-17-7-3-1-5-15(17)13-19(33)27-23-31-29-21(36-23)9-11-35-12-10-22-30-32-24(37-22)28-20(34)14-16-6-2-4-8-18(16)26/h1-8H,9-14H2,(H,27,31,33)(H,28,32,34). The fraction of sp³-hybridized carbons (Fsp3) is 0.250. The summed E-state index contributed by atoms with van der Waals surface area (Å²) in [5.74, 6) is 0.747. The van der Waals surface area contributed by atoms with Crippen LogP contribution >= 0.6 is 34.4 Å². The normalized spacial score (nSPS) is 10.8. The maximum Gasteiger partial charge on any atom is 0.230 e. The number of aromatic nitrogens is 4. The van der Waals surface area contributed by atoms with Crippen molar-refractivity contribution >= 4 is 69.8 Å². The summed E-state index contributed by atoms with van der Waals surface area (Å²) in [6.45, 7) is 0. The number of carbonyl (C=O) groups excluding carboxylic acids is 2. The molecule has 0 saturated carbocycles. The van der Waals surface area contributed by atoms with Gasteiger partial charge >= 0.3 is 0 Å². The quantitative estimate of drug-likeness (QED) is 0.205. The van der Waals surface area contributed by atoms with Crippen LogP contribution < -0.4 is 16.1 Å². The van der Waals surface area contributed by atoms with Crippen molar-refractivity contribution in [3.63, 3.8) is 0 Å². The third-order valence-electron chi connectivity index (χ3n) is 5.06. The number of carbonyl (C=O) groups is 2. The summed E-state index contributed by atoms with van der Waals surface area (Å²) < 4.78 is 13.7. The van der Waals surface area contributed by atoms with Gasteiger partial charge in [0.2, 0.25) is 22.1 Å². The van der Waals surface area contributed by atoms with Crippen LogP contribution in [0.2, 0.25) is 0 Å². The van der Waals surface area contributed by atoms with Gasteiger partial charge in [0.15, 0.2) is 0 Å². The first-order chi connectivity index (χ1) is 18.0. The highest BCUT2D eigenvalue weighted by Gasteiger charge is 2.12. The molecule has 2 aromatic heterocycles. The summed E-state index contributed by atoms with van der Waals surface area (Å²) in [4.78, 5) is 24.4. The van der Waals surface area contributed by atoms with Crippen LogP contribution in [-0.4, -0.2) is 51.6 Å². The number of aryl methyl sites for hydroxylation is 2. The average molecular weight is 552 g/mol. The minimum absolute atomic E-state index is 0.0594. The lowest BCUT2D eigenvalue weighted by atomic mass is 9.89. The van der Waals surface area contributed by atoms with Crippen LogP contribution in [0.25, 0.3) is 0 Å². The van der Waals surface area contributed by atoms with Crippen molar-refractivity contribution in [2.24, 2.45) is 0 Å². The molecule has 2 heterocycles. The Bertz CT molecular complexity index is 1260. The highest BCUT2D eigenvalue weighted by Crippen LogP contribution is 2.20. The molecule has 0 aliphatic heterocycles. The number of hydrogen-bond donors (Lipinski definition) is 2. The zero-order valence-electron chi connectivity index (χ0n) is 19.6. The van der Waals surface area contributed by atoms with E-state index in [-0.39, 0.29) is 24.7 Å². The van der Waals surface area contributed by atoms with Gasteiger partial charge in [-0.2, -0.15) is 11.8 Å². The number of nitrogens with one attached hydrogen (secondary N) is 2. The maximum atomic E-state index is 13.7. The van der Waals surface area contributed by atoms with E-state index in [4.69, 9.17) is 7.85 Å². The van der Waals surface area contributed by atoms with E-state index in [0.29, 0.717) is 27.7 Å². The molecule has 4 aromatic rings. The number of benzene rings is 2. The molecule has 2 amide bonds. The van der Waals surface area contributed by atoms with E-state index in [0.717, 1.165) is 33.5 Å². The van der Waals surface area contributed by atoms with E-state index in [2.05, 4.69) is 31.0 Å². The highest BCUT2D eigenvalue weighted by atomic mass is 32.2. The Hall–Kier alpha value is -3.16. The Morgan fingerprint density at radius 3 is 1.86 bits per heavy atom. The van der Waals surface area contributed by atoms with E-state index in [1.165, 1.54) is 28.7 Å². The van der Waals surface area contributed by atoms with Crippen molar-refractivity contribution < 1.29 is 14.0 Å². The first kappa shape index (κ1) is 26.9.